The normalized spacial score (nSPS) is 13.9. The first-order chi connectivity index (χ1) is 16.8. The zero-order valence-electron chi connectivity index (χ0n) is 19.6. The van der Waals surface area contributed by atoms with Crippen LogP contribution in [0.4, 0.5) is 27.4 Å². The molecule has 0 saturated carbocycles. The molecule has 1 aliphatic heterocycles. The summed E-state index contributed by atoms with van der Waals surface area (Å²) in [4.78, 5) is 24.4. The number of hydrogen-bond acceptors (Lipinski definition) is 8. The third-order valence-electron chi connectivity index (χ3n) is 5.47. The number of ether oxygens (including phenoxy) is 2. The number of hydrogen-bond donors (Lipinski definition) is 2. The van der Waals surface area contributed by atoms with E-state index < -0.39 is 5.82 Å². The van der Waals surface area contributed by atoms with E-state index in [2.05, 4.69) is 37.4 Å². The smallest absolute Gasteiger partial charge is 0.243 e. The maximum absolute atomic E-state index is 14.3. The molecule has 35 heavy (non-hydrogen) atoms. The Labute approximate surface area is 207 Å². The first-order valence-corrected chi connectivity index (χ1v) is 11.4. The quantitative estimate of drug-likeness (QED) is 0.489. The molecule has 9 nitrogen and oxygen atoms in total. The van der Waals surface area contributed by atoms with Gasteiger partial charge in [0.25, 0.3) is 0 Å². The maximum Gasteiger partial charge on any atom is 0.243 e. The second-order valence-electron chi connectivity index (χ2n) is 8.08. The Morgan fingerprint density at radius 2 is 1.89 bits per heavy atom. The molecule has 2 heterocycles. The lowest BCUT2D eigenvalue weighted by Crippen LogP contribution is -2.44. The second kappa shape index (κ2) is 10.7. The zero-order chi connectivity index (χ0) is 24.9. The third kappa shape index (κ3) is 6.09. The van der Waals surface area contributed by atoms with Crippen LogP contribution in [-0.2, 0) is 4.79 Å². The molecule has 0 atom stereocenters. The van der Waals surface area contributed by atoms with Gasteiger partial charge in [-0.05, 0) is 31.3 Å². The van der Waals surface area contributed by atoms with Gasteiger partial charge in [-0.2, -0.15) is 4.98 Å². The number of benzene rings is 2. The Morgan fingerprint density at radius 3 is 2.60 bits per heavy atom. The fourth-order valence-corrected chi connectivity index (χ4v) is 3.74. The molecule has 1 fully saturated rings. The molecule has 11 heteroatoms. The zero-order valence-corrected chi connectivity index (χ0v) is 20.4. The van der Waals surface area contributed by atoms with Gasteiger partial charge in [-0.15, -0.1) is 0 Å². The van der Waals surface area contributed by atoms with Crippen LogP contribution in [0.25, 0.3) is 0 Å². The lowest BCUT2D eigenvalue weighted by atomic mass is 10.2. The number of carbonyl (C=O) groups is 1. The summed E-state index contributed by atoms with van der Waals surface area (Å²) in [5, 5.41) is 5.77. The molecule has 3 aromatic rings. The fourth-order valence-electron chi connectivity index (χ4n) is 3.62. The summed E-state index contributed by atoms with van der Waals surface area (Å²) in [6.07, 6.45) is 1.35. The Morgan fingerprint density at radius 1 is 1.11 bits per heavy atom. The highest BCUT2D eigenvalue weighted by atomic mass is 35.5. The van der Waals surface area contributed by atoms with Crippen molar-refractivity contribution in [3.05, 3.63) is 53.4 Å². The van der Waals surface area contributed by atoms with Gasteiger partial charge in [-0.3, -0.25) is 4.79 Å². The van der Waals surface area contributed by atoms with E-state index in [0.717, 1.165) is 31.9 Å². The van der Waals surface area contributed by atoms with Crippen molar-refractivity contribution in [2.24, 2.45) is 0 Å². The molecule has 0 spiro atoms. The van der Waals surface area contributed by atoms with Crippen molar-refractivity contribution in [2.75, 3.05) is 55.9 Å². The summed E-state index contributed by atoms with van der Waals surface area (Å²) in [5.74, 6) is -0.302. The Hall–Kier alpha value is -3.63. The SMILES string of the molecule is COc1cc(N2CCN(C)CC2)ccc1Nc1ncc(Cl)c(Oc2cc(NC(C)=O)ccc2F)n1. The van der Waals surface area contributed by atoms with E-state index in [-0.39, 0.29) is 28.5 Å². The fraction of sp³-hybridized carbons (Fsp3) is 0.292. The minimum atomic E-state index is -0.635. The first kappa shape index (κ1) is 24.5. The van der Waals surface area contributed by atoms with E-state index in [0.29, 0.717) is 17.1 Å². The molecule has 4 rings (SSSR count). The molecule has 184 valence electrons. The van der Waals surface area contributed by atoms with Crippen LogP contribution in [0, 0.1) is 5.82 Å². The number of anilines is 4. The summed E-state index contributed by atoms with van der Waals surface area (Å²) in [6.45, 7) is 5.23. The molecule has 1 amide bonds. The van der Waals surface area contributed by atoms with Crippen molar-refractivity contribution in [2.45, 2.75) is 6.92 Å². The number of nitrogens with zero attached hydrogens (tertiary/aromatic N) is 4. The van der Waals surface area contributed by atoms with Crippen molar-refractivity contribution in [1.82, 2.24) is 14.9 Å². The van der Waals surface area contributed by atoms with Gasteiger partial charge in [0.05, 0.1) is 19.0 Å². The summed E-state index contributed by atoms with van der Waals surface area (Å²) in [6, 6.07) is 9.82. The van der Waals surface area contributed by atoms with Crippen molar-refractivity contribution < 1.29 is 18.7 Å². The Balaban J connectivity index is 1.54. The number of carbonyl (C=O) groups excluding carboxylic acids is 1. The van der Waals surface area contributed by atoms with Crippen LogP contribution < -0.4 is 25.0 Å². The number of aromatic nitrogens is 2. The van der Waals surface area contributed by atoms with Gasteiger partial charge in [0.2, 0.25) is 17.7 Å². The third-order valence-corrected chi connectivity index (χ3v) is 5.73. The van der Waals surface area contributed by atoms with E-state index in [1.807, 2.05) is 18.2 Å². The molecular weight excluding hydrogens is 475 g/mol. The van der Waals surface area contributed by atoms with Gasteiger partial charge in [-0.1, -0.05) is 11.6 Å². The molecule has 0 radical (unpaired) electrons. The minimum Gasteiger partial charge on any atom is -0.494 e. The molecule has 1 saturated heterocycles. The molecule has 1 aromatic heterocycles. The standard InChI is InChI=1S/C24H26ClFN6O3/c1-15(33)28-16-4-6-19(26)21(12-16)35-23-18(25)14-27-24(30-23)29-20-7-5-17(13-22(20)34-3)32-10-8-31(2)9-11-32/h4-7,12-14H,8-11H2,1-3H3,(H,28,33)(H,27,29,30). The number of halogens is 2. The molecule has 2 N–H and O–H groups in total. The summed E-state index contributed by atoms with van der Waals surface area (Å²) < 4.78 is 25.5. The van der Waals surface area contributed by atoms with Crippen LogP contribution in [0.15, 0.2) is 42.6 Å². The average Bonchev–Trinajstić information content (AvgIpc) is 2.83. The minimum absolute atomic E-state index is 0.0453. The maximum atomic E-state index is 14.3. The van der Waals surface area contributed by atoms with Gasteiger partial charge < -0.3 is 29.9 Å². The highest BCUT2D eigenvalue weighted by Crippen LogP contribution is 2.34. The topological polar surface area (TPSA) is 91.9 Å². The van der Waals surface area contributed by atoms with E-state index in [1.165, 1.54) is 31.3 Å². The molecule has 0 bridgehead atoms. The second-order valence-corrected chi connectivity index (χ2v) is 8.48. The monoisotopic (exact) mass is 500 g/mol. The highest BCUT2D eigenvalue weighted by Gasteiger charge is 2.17. The van der Waals surface area contributed by atoms with Crippen molar-refractivity contribution in [1.29, 1.82) is 0 Å². The first-order valence-electron chi connectivity index (χ1n) is 11.0. The van der Waals surface area contributed by atoms with E-state index >= 15 is 0 Å². The Kier molecular flexibility index (Phi) is 7.52. The lowest BCUT2D eigenvalue weighted by Gasteiger charge is -2.34. The summed E-state index contributed by atoms with van der Waals surface area (Å²) >= 11 is 6.20. The largest absolute Gasteiger partial charge is 0.494 e. The van der Waals surface area contributed by atoms with Gasteiger partial charge in [0, 0.05) is 56.6 Å². The predicted octanol–water partition coefficient (Wildman–Crippen LogP) is 4.52. The van der Waals surface area contributed by atoms with Gasteiger partial charge >= 0.3 is 0 Å². The van der Waals surface area contributed by atoms with Crippen molar-refractivity contribution >= 4 is 40.5 Å². The van der Waals surface area contributed by atoms with Crippen molar-refractivity contribution in [3.8, 4) is 17.4 Å². The van der Waals surface area contributed by atoms with E-state index in [4.69, 9.17) is 21.1 Å². The van der Waals surface area contributed by atoms with E-state index in [9.17, 15) is 9.18 Å². The predicted molar refractivity (Wildman–Crippen MR) is 134 cm³/mol. The summed E-state index contributed by atoms with van der Waals surface area (Å²) in [5.41, 5.74) is 2.09. The van der Waals surface area contributed by atoms with Crippen LogP contribution >= 0.6 is 11.6 Å². The Bertz CT molecular complexity index is 1220. The molecule has 2 aromatic carbocycles. The molecular formula is C24H26ClFN6O3. The average molecular weight is 501 g/mol. The highest BCUT2D eigenvalue weighted by molar-refractivity contribution is 6.31. The number of piperazine rings is 1. The number of methoxy groups -OCH3 is 1. The summed E-state index contributed by atoms with van der Waals surface area (Å²) in [7, 11) is 3.71. The van der Waals surface area contributed by atoms with Gasteiger partial charge in [0.1, 0.15) is 10.8 Å². The number of nitrogens with one attached hydrogen (secondary N) is 2. The molecule has 0 unspecified atom stereocenters. The van der Waals surface area contributed by atoms with Crippen LogP contribution in [0.1, 0.15) is 6.92 Å². The van der Waals surface area contributed by atoms with Gasteiger partial charge in [0.15, 0.2) is 11.6 Å². The number of amides is 1. The van der Waals surface area contributed by atoms with Gasteiger partial charge in [-0.25, -0.2) is 9.37 Å². The number of rotatable bonds is 7. The van der Waals surface area contributed by atoms with Crippen LogP contribution in [0.5, 0.6) is 17.4 Å². The molecule has 0 aliphatic carbocycles. The van der Waals surface area contributed by atoms with Crippen LogP contribution in [0.3, 0.4) is 0 Å². The lowest BCUT2D eigenvalue weighted by molar-refractivity contribution is -0.114. The van der Waals surface area contributed by atoms with Crippen LogP contribution in [-0.4, -0.2) is 61.1 Å². The van der Waals surface area contributed by atoms with E-state index in [1.54, 1.807) is 7.11 Å². The molecule has 1 aliphatic rings. The van der Waals surface area contributed by atoms with Crippen LogP contribution in [0.2, 0.25) is 5.02 Å². The number of likely N-dealkylation sites (N-methyl/N-ethyl adjacent to an activating group) is 1. The van der Waals surface area contributed by atoms with Crippen molar-refractivity contribution in [3.63, 3.8) is 0 Å².